The van der Waals surface area contributed by atoms with Crippen molar-refractivity contribution in [1.82, 2.24) is 19.7 Å². The number of methoxy groups -OCH3 is 1. The van der Waals surface area contributed by atoms with Crippen molar-refractivity contribution in [2.24, 2.45) is 0 Å². The molecule has 0 saturated heterocycles. The number of benzene rings is 1. The second-order valence-electron chi connectivity index (χ2n) is 5.58. The van der Waals surface area contributed by atoms with Crippen LogP contribution in [0.5, 0.6) is 5.75 Å². The van der Waals surface area contributed by atoms with Crippen molar-refractivity contribution >= 4 is 22.5 Å². The minimum absolute atomic E-state index is 0.177. The molecule has 0 atom stereocenters. The summed E-state index contributed by atoms with van der Waals surface area (Å²) in [6.07, 6.45) is 5.07. The molecule has 0 spiro atoms. The average molecular weight is 332 g/mol. The Kier molecular flexibility index (Phi) is 3.78. The van der Waals surface area contributed by atoms with Gasteiger partial charge in [0.15, 0.2) is 0 Å². The predicted octanol–water partition coefficient (Wildman–Crippen LogP) is 2.82. The highest BCUT2D eigenvalue weighted by atomic mass is 16.5. The van der Waals surface area contributed by atoms with Gasteiger partial charge in [-0.1, -0.05) is 24.3 Å². The smallest absolute Gasteiger partial charge is 0.255 e. The zero-order valence-corrected chi connectivity index (χ0v) is 13.6. The van der Waals surface area contributed by atoms with Gasteiger partial charge in [0.25, 0.3) is 5.91 Å². The highest BCUT2D eigenvalue weighted by Gasteiger charge is 2.19. The fraction of sp³-hybridized carbons (Fsp3) is 0.105. The number of ether oxygens (including phenoxy) is 1. The summed E-state index contributed by atoms with van der Waals surface area (Å²) in [6.45, 7) is 0.375. The lowest BCUT2D eigenvalue weighted by molar-refractivity contribution is 0.0953. The number of pyridine rings is 1. The van der Waals surface area contributed by atoms with E-state index in [1.807, 2.05) is 53.1 Å². The molecule has 0 aliphatic carbocycles. The number of aromatic nitrogens is 3. The highest BCUT2D eigenvalue weighted by Crippen LogP contribution is 2.24. The minimum atomic E-state index is -0.177. The SMILES string of the molecule is COc1ccccc1CNC(=O)c1c2ncncc2n2ccccc12. The fourth-order valence-corrected chi connectivity index (χ4v) is 3.01. The van der Waals surface area contributed by atoms with E-state index in [1.54, 1.807) is 13.3 Å². The Balaban J connectivity index is 1.72. The van der Waals surface area contributed by atoms with Crippen molar-refractivity contribution in [1.29, 1.82) is 0 Å². The van der Waals surface area contributed by atoms with E-state index in [0.29, 0.717) is 17.6 Å². The summed E-state index contributed by atoms with van der Waals surface area (Å²) >= 11 is 0. The monoisotopic (exact) mass is 332 g/mol. The van der Waals surface area contributed by atoms with Gasteiger partial charge in [0.05, 0.1) is 29.9 Å². The van der Waals surface area contributed by atoms with Gasteiger partial charge in [0.1, 0.15) is 17.6 Å². The van der Waals surface area contributed by atoms with Crippen LogP contribution in [0.2, 0.25) is 0 Å². The fourth-order valence-electron chi connectivity index (χ4n) is 3.01. The van der Waals surface area contributed by atoms with E-state index < -0.39 is 0 Å². The van der Waals surface area contributed by atoms with Crippen LogP contribution in [-0.2, 0) is 6.54 Å². The van der Waals surface area contributed by atoms with Gasteiger partial charge in [-0.05, 0) is 18.2 Å². The maximum Gasteiger partial charge on any atom is 0.255 e. The van der Waals surface area contributed by atoms with Gasteiger partial charge in [-0.15, -0.1) is 0 Å². The standard InChI is InChI=1S/C19H16N4O2/c1-25-16-8-3-2-6-13(16)10-21-19(24)17-14-7-4-5-9-23(14)15-11-20-12-22-18(15)17/h2-9,11-12H,10H2,1H3,(H,21,24). The number of fused-ring (bicyclic) bond motifs is 3. The summed E-state index contributed by atoms with van der Waals surface area (Å²) in [5.74, 6) is 0.569. The third-order valence-corrected chi connectivity index (χ3v) is 4.16. The summed E-state index contributed by atoms with van der Waals surface area (Å²) in [6, 6.07) is 13.3. The highest BCUT2D eigenvalue weighted by molar-refractivity contribution is 6.12. The van der Waals surface area contributed by atoms with Crippen molar-refractivity contribution in [3.05, 3.63) is 72.3 Å². The number of rotatable bonds is 4. The normalized spacial score (nSPS) is 10.9. The van der Waals surface area contributed by atoms with E-state index >= 15 is 0 Å². The van der Waals surface area contributed by atoms with Gasteiger partial charge < -0.3 is 14.5 Å². The van der Waals surface area contributed by atoms with Crippen molar-refractivity contribution in [2.75, 3.05) is 7.11 Å². The maximum absolute atomic E-state index is 12.9. The first kappa shape index (κ1) is 15.1. The third kappa shape index (κ3) is 2.57. The molecule has 3 heterocycles. The first-order valence-corrected chi connectivity index (χ1v) is 7.88. The van der Waals surface area contributed by atoms with Gasteiger partial charge in [-0.25, -0.2) is 9.97 Å². The molecule has 0 aliphatic heterocycles. The van der Waals surface area contributed by atoms with Crippen LogP contribution in [-0.4, -0.2) is 27.4 Å². The van der Waals surface area contributed by atoms with Crippen LogP contribution in [0.1, 0.15) is 15.9 Å². The van der Waals surface area contributed by atoms with Crippen molar-refractivity contribution in [3.63, 3.8) is 0 Å². The molecule has 0 saturated carbocycles. The number of hydrogen-bond acceptors (Lipinski definition) is 4. The van der Waals surface area contributed by atoms with E-state index in [-0.39, 0.29) is 5.91 Å². The Morgan fingerprint density at radius 2 is 2.00 bits per heavy atom. The summed E-state index contributed by atoms with van der Waals surface area (Å²) < 4.78 is 7.26. The van der Waals surface area contributed by atoms with Crippen molar-refractivity contribution in [3.8, 4) is 5.75 Å². The first-order valence-electron chi connectivity index (χ1n) is 7.88. The molecule has 0 bridgehead atoms. The Labute approximate surface area is 144 Å². The van der Waals surface area contributed by atoms with Crippen LogP contribution < -0.4 is 10.1 Å². The molecule has 0 unspecified atom stereocenters. The third-order valence-electron chi connectivity index (χ3n) is 4.16. The second kappa shape index (κ2) is 6.24. The van der Waals surface area contributed by atoms with Gasteiger partial charge in [0, 0.05) is 18.3 Å². The summed E-state index contributed by atoms with van der Waals surface area (Å²) in [5, 5.41) is 2.97. The zero-order valence-electron chi connectivity index (χ0n) is 13.6. The van der Waals surface area contributed by atoms with Crippen molar-refractivity contribution < 1.29 is 9.53 Å². The Morgan fingerprint density at radius 1 is 1.16 bits per heavy atom. The molecule has 25 heavy (non-hydrogen) atoms. The Bertz CT molecular complexity index is 1020. The number of nitrogens with zero attached hydrogens (tertiary/aromatic N) is 3. The number of nitrogens with one attached hydrogen (secondary N) is 1. The summed E-state index contributed by atoms with van der Waals surface area (Å²) in [5.41, 5.74) is 3.71. The Morgan fingerprint density at radius 3 is 2.88 bits per heavy atom. The summed E-state index contributed by atoms with van der Waals surface area (Å²) in [4.78, 5) is 21.3. The van der Waals surface area contributed by atoms with Crippen molar-refractivity contribution in [2.45, 2.75) is 6.54 Å². The molecule has 4 rings (SSSR count). The quantitative estimate of drug-likeness (QED) is 0.624. The predicted molar refractivity (Wildman–Crippen MR) is 94.7 cm³/mol. The number of carbonyl (C=O) groups excluding carboxylic acids is 1. The number of hydrogen-bond donors (Lipinski definition) is 1. The van der Waals surface area contributed by atoms with Crippen LogP contribution in [0, 0.1) is 0 Å². The average Bonchev–Trinajstić information content (AvgIpc) is 3.01. The van der Waals surface area contributed by atoms with E-state index in [2.05, 4.69) is 15.3 Å². The molecule has 1 aromatic carbocycles. The molecule has 4 aromatic rings. The molecule has 0 fully saturated rings. The van der Waals surface area contributed by atoms with Crippen LogP contribution in [0.15, 0.2) is 61.2 Å². The summed E-state index contributed by atoms with van der Waals surface area (Å²) in [7, 11) is 1.62. The molecule has 3 aromatic heterocycles. The Hall–Kier alpha value is -3.41. The van der Waals surface area contributed by atoms with Crippen LogP contribution in [0.4, 0.5) is 0 Å². The minimum Gasteiger partial charge on any atom is -0.496 e. The van der Waals surface area contributed by atoms with Crippen LogP contribution in [0.3, 0.4) is 0 Å². The number of para-hydroxylation sites is 1. The molecule has 6 heteroatoms. The van der Waals surface area contributed by atoms with Crippen LogP contribution >= 0.6 is 0 Å². The van der Waals surface area contributed by atoms with Gasteiger partial charge >= 0.3 is 0 Å². The lowest BCUT2D eigenvalue weighted by Crippen LogP contribution is -2.23. The first-order chi connectivity index (χ1) is 12.3. The zero-order chi connectivity index (χ0) is 17.2. The maximum atomic E-state index is 12.9. The lowest BCUT2D eigenvalue weighted by Gasteiger charge is -2.09. The number of amides is 1. The van der Waals surface area contributed by atoms with E-state index in [4.69, 9.17) is 4.74 Å². The van der Waals surface area contributed by atoms with Gasteiger partial charge in [-0.2, -0.15) is 0 Å². The second-order valence-corrected chi connectivity index (χ2v) is 5.58. The van der Waals surface area contributed by atoms with Gasteiger partial charge in [-0.3, -0.25) is 4.79 Å². The molecule has 1 amide bonds. The van der Waals surface area contributed by atoms with Crippen LogP contribution in [0.25, 0.3) is 16.6 Å². The van der Waals surface area contributed by atoms with E-state index in [0.717, 1.165) is 22.3 Å². The number of carbonyl (C=O) groups is 1. The topological polar surface area (TPSA) is 68.5 Å². The van der Waals surface area contributed by atoms with E-state index in [1.165, 1.54) is 6.33 Å². The van der Waals surface area contributed by atoms with E-state index in [9.17, 15) is 4.79 Å². The molecule has 0 radical (unpaired) electrons. The molecule has 124 valence electrons. The molecule has 6 nitrogen and oxygen atoms in total. The molecule has 0 aliphatic rings. The molecule has 1 N–H and O–H groups in total. The largest absolute Gasteiger partial charge is 0.496 e. The molecular weight excluding hydrogens is 316 g/mol. The van der Waals surface area contributed by atoms with Gasteiger partial charge in [0.2, 0.25) is 0 Å². The molecular formula is C19H16N4O2. The lowest BCUT2D eigenvalue weighted by atomic mass is 10.1.